The van der Waals surface area contributed by atoms with E-state index in [1.165, 1.54) is 6.26 Å². The zero-order chi connectivity index (χ0) is 18.4. The zero-order valence-corrected chi connectivity index (χ0v) is 14.9. The maximum atomic E-state index is 10.6. The molecule has 0 saturated heterocycles. The number of carboxylic acid groups (broad SMARTS) is 1. The number of aliphatic carboxylic acids is 1. The Bertz CT molecular complexity index is 381. The fourth-order valence-electron chi connectivity index (χ4n) is 1.82. The van der Waals surface area contributed by atoms with Crippen molar-refractivity contribution in [1.29, 1.82) is 0 Å². The molecular formula is C17H30O7. The van der Waals surface area contributed by atoms with E-state index in [0.717, 1.165) is 0 Å². The van der Waals surface area contributed by atoms with Crippen LogP contribution in [0.15, 0.2) is 25.0 Å². The molecule has 0 aromatic heterocycles. The van der Waals surface area contributed by atoms with Gasteiger partial charge in [-0.05, 0) is 33.6 Å². The third-order valence-electron chi connectivity index (χ3n) is 2.76. The predicted octanol–water partition coefficient (Wildman–Crippen LogP) is 2.72. The van der Waals surface area contributed by atoms with Crippen molar-refractivity contribution in [2.24, 2.45) is 0 Å². The number of hydrogen-bond acceptors (Lipinski definition) is 6. The summed E-state index contributed by atoms with van der Waals surface area (Å²) in [6.45, 7) is 14.2. The number of rotatable bonds is 16. The van der Waals surface area contributed by atoms with Crippen LogP contribution in [0.25, 0.3) is 0 Å². The second kappa shape index (κ2) is 12.9. The second-order valence-corrected chi connectivity index (χ2v) is 5.24. The Hall–Kier alpha value is -1.41. The molecule has 0 bridgehead atoms. The Morgan fingerprint density at radius 1 is 1.25 bits per heavy atom. The highest BCUT2D eigenvalue weighted by Crippen LogP contribution is 2.19. The van der Waals surface area contributed by atoms with Gasteiger partial charge in [0.05, 0.1) is 32.2 Å². The maximum Gasteiger partial charge on any atom is 0.351 e. The van der Waals surface area contributed by atoms with Gasteiger partial charge in [-0.1, -0.05) is 13.2 Å². The van der Waals surface area contributed by atoms with E-state index in [2.05, 4.69) is 13.2 Å². The quantitative estimate of drug-likeness (QED) is 0.199. The van der Waals surface area contributed by atoms with Crippen molar-refractivity contribution in [2.75, 3.05) is 33.0 Å². The van der Waals surface area contributed by atoms with Crippen molar-refractivity contribution in [3.63, 3.8) is 0 Å². The van der Waals surface area contributed by atoms with Crippen molar-refractivity contribution < 1.29 is 33.6 Å². The van der Waals surface area contributed by atoms with E-state index in [1.54, 1.807) is 0 Å². The Morgan fingerprint density at radius 2 is 1.92 bits per heavy atom. The molecule has 0 aliphatic carbocycles. The van der Waals surface area contributed by atoms with Crippen molar-refractivity contribution in [3.05, 3.63) is 25.0 Å². The summed E-state index contributed by atoms with van der Waals surface area (Å²) in [7, 11) is 0. The van der Waals surface area contributed by atoms with Gasteiger partial charge >= 0.3 is 11.9 Å². The fraction of sp³-hybridized carbons (Fsp3) is 0.706. The van der Waals surface area contributed by atoms with Gasteiger partial charge in [-0.15, -0.1) is 0 Å². The monoisotopic (exact) mass is 346 g/mol. The summed E-state index contributed by atoms with van der Waals surface area (Å²) in [4.78, 5) is 10.6. The largest absolute Gasteiger partial charge is 0.478 e. The van der Waals surface area contributed by atoms with Crippen LogP contribution in [0.3, 0.4) is 0 Å². The van der Waals surface area contributed by atoms with Crippen LogP contribution in [0.5, 0.6) is 0 Å². The highest BCUT2D eigenvalue weighted by Gasteiger charge is 2.35. The van der Waals surface area contributed by atoms with Gasteiger partial charge in [0.2, 0.25) is 0 Å². The summed E-state index contributed by atoms with van der Waals surface area (Å²) in [5.41, 5.74) is 0.184. The summed E-state index contributed by atoms with van der Waals surface area (Å²) >= 11 is 0. The van der Waals surface area contributed by atoms with Crippen LogP contribution >= 0.6 is 0 Å². The van der Waals surface area contributed by atoms with E-state index in [4.69, 9.17) is 28.8 Å². The summed E-state index contributed by atoms with van der Waals surface area (Å²) in [5.74, 6) is -2.29. The van der Waals surface area contributed by atoms with Gasteiger partial charge in [0.1, 0.15) is 6.61 Å². The van der Waals surface area contributed by atoms with Gasteiger partial charge in [0.15, 0.2) is 0 Å². The molecule has 1 unspecified atom stereocenters. The van der Waals surface area contributed by atoms with Gasteiger partial charge in [0, 0.05) is 12.2 Å². The molecular weight excluding hydrogens is 316 g/mol. The Morgan fingerprint density at radius 3 is 2.46 bits per heavy atom. The Balaban J connectivity index is 4.00. The molecule has 1 N–H and O–H groups in total. The third-order valence-corrected chi connectivity index (χ3v) is 2.76. The Kier molecular flexibility index (Phi) is 12.2. The molecule has 0 radical (unpaired) electrons. The zero-order valence-electron chi connectivity index (χ0n) is 14.9. The van der Waals surface area contributed by atoms with Gasteiger partial charge in [-0.2, -0.15) is 0 Å². The average Bonchev–Trinajstić information content (AvgIpc) is 2.49. The standard InChI is InChI=1S/C17H30O7/c1-6-22-17(23-7-2,24-14(3)4)13-21-12-11-20-10-8-9-15(5)16(18)19/h6,14H,1,5,7-13H2,2-4H3,(H,18,19). The van der Waals surface area contributed by atoms with Crippen molar-refractivity contribution in [1.82, 2.24) is 0 Å². The number of ether oxygens (including phenoxy) is 5. The van der Waals surface area contributed by atoms with Crippen LogP contribution in [-0.4, -0.2) is 56.2 Å². The summed E-state index contributed by atoms with van der Waals surface area (Å²) in [6.07, 6.45) is 2.15. The van der Waals surface area contributed by atoms with Crippen LogP contribution in [0.4, 0.5) is 0 Å². The molecule has 0 heterocycles. The minimum Gasteiger partial charge on any atom is -0.478 e. The molecule has 0 spiro atoms. The van der Waals surface area contributed by atoms with Crippen LogP contribution in [-0.2, 0) is 28.5 Å². The summed E-state index contributed by atoms with van der Waals surface area (Å²) in [5, 5.41) is 8.68. The molecule has 0 aromatic carbocycles. The van der Waals surface area contributed by atoms with Gasteiger partial charge in [-0.3, -0.25) is 0 Å². The second-order valence-electron chi connectivity index (χ2n) is 5.24. The van der Waals surface area contributed by atoms with E-state index in [0.29, 0.717) is 39.3 Å². The molecule has 0 saturated carbocycles. The average molecular weight is 346 g/mol. The van der Waals surface area contributed by atoms with E-state index in [1.807, 2.05) is 20.8 Å². The van der Waals surface area contributed by atoms with Crippen LogP contribution in [0, 0.1) is 0 Å². The van der Waals surface area contributed by atoms with Crippen LogP contribution in [0.1, 0.15) is 33.6 Å². The molecule has 140 valence electrons. The molecule has 0 fully saturated rings. The lowest BCUT2D eigenvalue weighted by atomic mass is 10.2. The number of hydrogen-bond donors (Lipinski definition) is 1. The predicted molar refractivity (Wildman–Crippen MR) is 89.5 cm³/mol. The number of carboxylic acids is 1. The first-order valence-corrected chi connectivity index (χ1v) is 8.04. The molecule has 0 rings (SSSR count). The normalized spacial score (nSPS) is 13.5. The lowest BCUT2D eigenvalue weighted by molar-refractivity contribution is -0.385. The topological polar surface area (TPSA) is 83.5 Å². The van der Waals surface area contributed by atoms with Gasteiger partial charge in [0.25, 0.3) is 0 Å². The third kappa shape index (κ3) is 10.4. The molecule has 0 aromatic rings. The van der Waals surface area contributed by atoms with Crippen LogP contribution < -0.4 is 0 Å². The van der Waals surface area contributed by atoms with E-state index in [9.17, 15) is 4.79 Å². The first kappa shape index (κ1) is 22.6. The molecule has 0 aliphatic rings. The first-order valence-electron chi connectivity index (χ1n) is 8.04. The van der Waals surface area contributed by atoms with E-state index >= 15 is 0 Å². The molecule has 1 atom stereocenters. The van der Waals surface area contributed by atoms with E-state index < -0.39 is 11.9 Å². The highest BCUT2D eigenvalue weighted by molar-refractivity contribution is 5.85. The SMILES string of the molecule is C=COC(COCCOCCCC(=C)C(=O)O)(OCC)OC(C)C. The lowest BCUT2D eigenvalue weighted by Gasteiger charge is -2.33. The molecule has 7 nitrogen and oxygen atoms in total. The van der Waals surface area contributed by atoms with Gasteiger partial charge < -0.3 is 28.8 Å². The molecule has 7 heteroatoms. The first-order chi connectivity index (χ1) is 11.4. The lowest BCUT2D eigenvalue weighted by Crippen LogP contribution is -2.44. The van der Waals surface area contributed by atoms with Crippen molar-refractivity contribution in [2.45, 2.75) is 45.7 Å². The molecule has 0 aliphatic heterocycles. The maximum absolute atomic E-state index is 10.6. The van der Waals surface area contributed by atoms with Crippen molar-refractivity contribution in [3.8, 4) is 0 Å². The van der Waals surface area contributed by atoms with Gasteiger partial charge in [-0.25, -0.2) is 4.79 Å². The van der Waals surface area contributed by atoms with Crippen LogP contribution in [0.2, 0.25) is 0 Å². The summed E-state index contributed by atoms with van der Waals surface area (Å²) in [6, 6.07) is 0. The Labute approximate surface area is 144 Å². The highest BCUT2D eigenvalue weighted by atomic mass is 16.9. The van der Waals surface area contributed by atoms with E-state index in [-0.39, 0.29) is 18.3 Å². The summed E-state index contributed by atoms with van der Waals surface area (Å²) < 4.78 is 27.4. The minimum atomic E-state index is -1.32. The van der Waals surface area contributed by atoms with Crippen molar-refractivity contribution >= 4 is 5.97 Å². The molecule has 0 amide bonds. The molecule has 24 heavy (non-hydrogen) atoms. The number of carbonyl (C=O) groups is 1. The minimum absolute atomic E-state index is 0.0736. The fourth-order valence-corrected chi connectivity index (χ4v) is 1.82. The smallest absolute Gasteiger partial charge is 0.351 e.